The van der Waals surface area contributed by atoms with Crippen LogP contribution in [-0.4, -0.2) is 52.5 Å². The molecule has 17 heteroatoms. The summed E-state index contributed by atoms with van der Waals surface area (Å²) in [6, 6.07) is 24.2. The van der Waals surface area contributed by atoms with Gasteiger partial charge in [0.1, 0.15) is 0 Å². The summed E-state index contributed by atoms with van der Waals surface area (Å²) in [6.07, 6.45) is -2.92. The van der Waals surface area contributed by atoms with Crippen LogP contribution < -0.4 is 16.0 Å². The van der Waals surface area contributed by atoms with Crippen LogP contribution in [-0.2, 0) is 23.2 Å². The monoisotopic (exact) mass is 801 g/mol. The molecule has 58 heavy (non-hydrogen) atoms. The predicted molar refractivity (Wildman–Crippen MR) is 203 cm³/mol. The molecule has 4 aromatic carbocycles. The molecule has 0 radical (unpaired) electrons. The molecular formula is C41H37F6N9O2. The van der Waals surface area contributed by atoms with E-state index in [-0.39, 0.29) is 10.8 Å². The number of aromatic nitrogens is 4. The lowest BCUT2D eigenvalue weighted by Crippen LogP contribution is -2.25. The van der Waals surface area contributed by atoms with Gasteiger partial charge in [0.15, 0.2) is 6.19 Å². The first kappa shape index (κ1) is 39.8. The van der Waals surface area contributed by atoms with Gasteiger partial charge in [-0.15, -0.1) is 20.4 Å². The fraction of sp³-hybridized carbons (Fsp3) is 0.293. The van der Waals surface area contributed by atoms with Gasteiger partial charge in [-0.3, -0.25) is 0 Å². The van der Waals surface area contributed by atoms with E-state index in [4.69, 9.17) is 14.1 Å². The number of alkyl halides is 6. The van der Waals surface area contributed by atoms with E-state index in [0.29, 0.717) is 64.0 Å². The Morgan fingerprint density at radius 1 is 0.638 bits per heavy atom. The van der Waals surface area contributed by atoms with Crippen LogP contribution in [0.15, 0.2) is 106 Å². The van der Waals surface area contributed by atoms with Crippen molar-refractivity contribution in [3.05, 3.63) is 120 Å². The number of nitrogens with one attached hydrogen (secondary N) is 3. The van der Waals surface area contributed by atoms with Crippen molar-refractivity contribution in [2.75, 3.05) is 37.8 Å². The van der Waals surface area contributed by atoms with Gasteiger partial charge in [0.2, 0.25) is 23.6 Å². The van der Waals surface area contributed by atoms with Crippen LogP contribution in [0.3, 0.4) is 0 Å². The zero-order chi connectivity index (χ0) is 41.1. The van der Waals surface area contributed by atoms with Crippen molar-refractivity contribution in [3.63, 3.8) is 0 Å². The first-order chi connectivity index (χ1) is 27.7. The van der Waals surface area contributed by atoms with Gasteiger partial charge in [0.25, 0.3) is 0 Å². The lowest BCUT2D eigenvalue weighted by molar-refractivity contribution is -0.138. The van der Waals surface area contributed by atoms with E-state index in [1.54, 1.807) is 25.2 Å². The SMILES string of the molecule is CN(C#N)CC1(c2nnc(-c3ccccc3Nc3ccc(C(F)(F)F)cc3)o2)CC1.CNCC1(c2nnc(-c3ccccc3Nc3ccc(C(F)(F)F)cc3)o2)CC1. The van der Waals surface area contributed by atoms with Crippen molar-refractivity contribution in [3.8, 4) is 29.1 Å². The standard InChI is InChI=1S/C21H18F3N5O.C20H19F3N4O/c1-29(13-25)12-20(10-11-20)19-28-27-18(30-19)16-4-2-3-5-17(16)26-15-8-6-14(7-9-15)21(22,23)24;1-24-12-19(10-11-19)18-27-26-17(28-18)15-4-2-3-5-16(15)25-14-8-6-13(7-9-14)20(21,22)23/h2-9,26H,10-12H2,1H3;2-9,24-25H,10-12H2,1H3. The lowest BCUT2D eigenvalue weighted by atomic mass is 10.1. The van der Waals surface area contributed by atoms with E-state index < -0.39 is 23.5 Å². The summed E-state index contributed by atoms with van der Waals surface area (Å²) in [5, 5.41) is 35.2. The Balaban J connectivity index is 0.000000177. The summed E-state index contributed by atoms with van der Waals surface area (Å²) in [5.74, 6) is 1.79. The largest absolute Gasteiger partial charge is 0.420 e. The molecule has 300 valence electrons. The Kier molecular flexibility index (Phi) is 10.9. The highest BCUT2D eigenvalue weighted by Gasteiger charge is 2.50. The second-order valence-corrected chi connectivity index (χ2v) is 14.4. The van der Waals surface area contributed by atoms with E-state index in [2.05, 4.69) is 42.5 Å². The van der Waals surface area contributed by atoms with Crippen LogP contribution in [0, 0.1) is 11.5 Å². The Labute approximate surface area is 329 Å². The minimum Gasteiger partial charge on any atom is -0.420 e. The first-order valence-corrected chi connectivity index (χ1v) is 18.2. The Hall–Kier alpha value is -6.41. The summed E-state index contributed by atoms with van der Waals surface area (Å²) < 4.78 is 88.4. The van der Waals surface area contributed by atoms with E-state index in [1.807, 2.05) is 37.4 Å². The quantitative estimate of drug-likeness (QED) is 0.0619. The Bertz CT molecular complexity index is 2380. The molecule has 2 aliphatic rings. The van der Waals surface area contributed by atoms with Crippen molar-refractivity contribution in [1.29, 1.82) is 5.26 Å². The molecule has 2 aliphatic carbocycles. The van der Waals surface area contributed by atoms with Gasteiger partial charge in [-0.05, 0) is 106 Å². The first-order valence-electron chi connectivity index (χ1n) is 18.2. The second kappa shape index (κ2) is 15.9. The lowest BCUT2D eigenvalue weighted by Gasteiger charge is -2.15. The van der Waals surface area contributed by atoms with Gasteiger partial charge in [0, 0.05) is 31.5 Å². The van der Waals surface area contributed by atoms with Crippen molar-refractivity contribution in [1.82, 2.24) is 30.6 Å². The average molecular weight is 802 g/mol. The zero-order valence-electron chi connectivity index (χ0n) is 31.2. The van der Waals surface area contributed by atoms with E-state index >= 15 is 0 Å². The van der Waals surface area contributed by atoms with Gasteiger partial charge in [-0.1, -0.05) is 24.3 Å². The fourth-order valence-corrected chi connectivity index (χ4v) is 6.48. The molecular weight excluding hydrogens is 764 g/mol. The van der Waals surface area contributed by atoms with Crippen molar-refractivity contribution in [2.24, 2.45) is 0 Å². The van der Waals surface area contributed by atoms with Crippen LogP contribution in [0.1, 0.15) is 48.6 Å². The zero-order valence-corrected chi connectivity index (χ0v) is 31.2. The molecule has 0 unspecified atom stereocenters. The van der Waals surface area contributed by atoms with Crippen molar-refractivity contribution >= 4 is 22.7 Å². The van der Waals surface area contributed by atoms with Crippen LogP contribution in [0.4, 0.5) is 49.1 Å². The highest BCUT2D eigenvalue weighted by Crippen LogP contribution is 2.49. The Morgan fingerprint density at radius 3 is 1.43 bits per heavy atom. The van der Waals surface area contributed by atoms with Crippen LogP contribution in [0.5, 0.6) is 0 Å². The molecule has 0 spiro atoms. The van der Waals surface area contributed by atoms with Crippen molar-refractivity contribution < 1.29 is 35.2 Å². The van der Waals surface area contributed by atoms with Gasteiger partial charge < -0.3 is 29.7 Å². The van der Waals surface area contributed by atoms with Gasteiger partial charge >= 0.3 is 12.4 Å². The van der Waals surface area contributed by atoms with E-state index in [9.17, 15) is 26.3 Å². The summed E-state index contributed by atoms with van der Waals surface area (Å²) in [4.78, 5) is 1.54. The molecule has 3 N–H and O–H groups in total. The fourth-order valence-electron chi connectivity index (χ4n) is 6.48. The number of likely N-dealkylation sites (N-methyl/N-ethyl adjacent to an activating group) is 2. The van der Waals surface area contributed by atoms with Crippen LogP contribution >= 0.6 is 0 Å². The van der Waals surface area contributed by atoms with Crippen LogP contribution in [0.2, 0.25) is 0 Å². The average Bonchev–Trinajstić information content (AvgIpc) is 4.03. The molecule has 0 amide bonds. The third kappa shape index (κ3) is 8.92. The molecule has 0 atom stereocenters. The maximum absolute atomic E-state index is 12.8. The number of benzene rings is 4. The molecule has 2 heterocycles. The highest BCUT2D eigenvalue weighted by molar-refractivity contribution is 5.78. The van der Waals surface area contributed by atoms with E-state index in [1.165, 1.54) is 29.2 Å². The van der Waals surface area contributed by atoms with Gasteiger partial charge in [0.05, 0.1) is 44.5 Å². The summed E-state index contributed by atoms with van der Waals surface area (Å²) in [5.41, 5.74) is 1.90. The summed E-state index contributed by atoms with van der Waals surface area (Å²) >= 11 is 0. The van der Waals surface area contributed by atoms with Gasteiger partial charge in [-0.25, -0.2) is 0 Å². The maximum Gasteiger partial charge on any atom is 0.416 e. The normalized spacial score (nSPS) is 15.1. The third-order valence-corrected chi connectivity index (χ3v) is 9.99. The Morgan fingerprint density at radius 2 is 1.05 bits per heavy atom. The molecule has 8 rings (SSSR count). The number of nitriles is 1. The molecule has 11 nitrogen and oxygen atoms in total. The molecule has 2 aromatic heterocycles. The number of hydrogen-bond acceptors (Lipinski definition) is 11. The number of anilines is 4. The molecule has 0 saturated heterocycles. The topological polar surface area (TPSA) is 141 Å². The minimum absolute atomic E-state index is 0.0875. The highest BCUT2D eigenvalue weighted by atomic mass is 19.4. The van der Waals surface area contributed by atoms with E-state index in [0.717, 1.165) is 56.5 Å². The van der Waals surface area contributed by atoms with Crippen LogP contribution in [0.25, 0.3) is 22.9 Å². The van der Waals surface area contributed by atoms with Gasteiger partial charge in [-0.2, -0.15) is 31.6 Å². The number of rotatable bonds is 12. The molecule has 2 saturated carbocycles. The smallest absolute Gasteiger partial charge is 0.416 e. The molecule has 2 fully saturated rings. The molecule has 6 aromatic rings. The number of para-hydroxylation sites is 2. The molecule has 0 aliphatic heterocycles. The summed E-state index contributed by atoms with van der Waals surface area (Å²) in [7, 11) is 3.60. The summed E-state index contributed by atoms with van der Waals surface area (Å²) in [6.45, 7) is 1.29. The second-order valence-electron chi connectivity index (χ2n) is 14.4. The minimum atomic E-state index is -4.38. The van der Waals surface area contributed by atoms with Crippen molar-refractivity contribution in [2.45, 2.75) is 48.9 Å². The maximum atomic E-state index is 12.8. The number of nitrogens with zero attached hydrogens (tertiary/aromatic N) is 6. The predicted octanol–water partition coefficient (Wildman–Crippen LogP) is 9.69. The number of hydrogen-bond donors (Lipinski definition) is 3. The third-order valence-electron chi connectivity index (χ3n) is 9.99. The molecule has 0 bridgehead atoms. The number of halogens is 6.